The molecule has 0 spiro atoms. The van der Waals surface area contributed by atoms with E-state index in [-0.39, 0.29) is 6.42 Å². The number of nitrogens with one attached hydrogen (secondary N) is 1. The largest absolute Gasteiger partial charge is 0.340 e. The third kappa shape index (κ3) is 2.23. The Morgan fingerprint density at radius 3 is 2.67 bits per heavy atom. The van der Waals surface area contributed by atoms with Crippen LogP contribution in [0, 0.1) is 0 Å². The normalized spacial score (nSPS) is 37.6. The molecular formula is C13H17FN2O5. The van der Waals surface area contributed by atoms with Crippen molar-refractivity contribution in [3.63, 3.8) is 0 Å². The molecule has 8 heteroatoms. The zero-order valence-electron chi connectivity index (χ0n) is 12.0. The molecule has 1 aromatic rings. The standard InChI is InChI=1S/C13H17FN2O5/c1-4-13(14)9-8(19-12(2,3)20-9)10(21-13)16-6-5-7(17)15-11(16)18/h5-6,8-10H,4H2,1-3H3,(H,15,17,18)/t8-,9+,10-,13-/m1/s1. The Labute approximate surface area is 119 Å². The quantitative estimate of drug-likeness (QED) is 0.867. The molecule has 0 radical (unpaired) electrons. The third-order valence-corrected chi connectivity index (χ3v) is 3.76. The lowest BCUT2D eigenvalue weighted by Crippen LogP contribution is -2.38. The third-order valence-electron chi connectivity index (χ3n) is 3.76. The molecule has 21 heavy (non-hydrogen) atoms. The first-order valence-electron chi connectivity index (χ1n) is 6.79. The molecule has 0 bridgehead atoms. The van der Waals surface area contributed by atoms with Gasteiger partial charge in [0.2, 0.25) is 5.85 Å². The topological polar surface area (TPSA) is 82.6 Å². The average Bonchev–Trinajstić information content (AvgIpc) is 2.84. The van der Waals surface area contributed by atoms with Gasteiger partial charge in [-0.1, -0.05) is 6.92 Å². The van der Waals surface area contributed by atoms with Gasteiger partial charge in [-0.2, -0.15) is 0 Å². The second-order valence-corrected chi connectivity index (χ2v) is 5.69. The number of nitrogens with zero attached hydrogens (tertiary/aromatic N) is 1. The number of fused-ring (bicyclic) bond motifs is 1. The summed E-state index contributed by atoms with van der Waals surface area (Å²) in [6.07, 6.45) is -1.37. The van der Waals surface area contributed by atoms with E-state index >= 15 is 0 Å². The van der Waals surface area contributed by atoms with Crippen LogP contribution in [0.3, 0.4) is 0 Å². The molecule has 0 amide bonds. The predicted octanol–water partition coefficient (Wildman–Crippen LogP) is 0.661. The number of hydrogen-bond acceptors (Lipinski definition) is 5. The van der Waals surface area contributed by atoms with E-state index in [9.17, 15) is 14.0 Å². The summed E-state index contributed by atoms with van der Waals surface area (Å²) in [5.74, 6) is -3.01. The minimum Gasteiger partial charge on any atom is -0.340 e. The lowest BCUT2D eigenvalue weighted by molar-refractivity contribution is -0.256. The van der Waals surface area contributed by atoms with Gasteiger partial charge < -0.3 is 14.2 Å². The van der Waals surface area contributed by atoms with Crippen molar-refractivity contribution in [1.82, 2.24) is 9.55 Å². The van der Waals surface area contributed by atoms with Gasteiger partial charge in [0.15, 0.2) is 18.1 Å². The summed E-state index contributed by atoms with van der Waals surface area (Å²) in [5.41, 5.74) is -1.21. The van der Waals surface area contributed by atoms with Crippen molar-refractivity contribution < 1.29 is 18.6 Å². The number of ether oxygens (including phenoxy) is 3. The number of rotatable bonds is 2. The van der Waals surface area contributed by atoms with Crippen LogP contribution < -0.4 is 11.2 Å². The Balaban J connectivity index is 2.04. The van der Waals surface area contributed by atoms with Gasteiger partial charge in [0.1, 0.15) is 6.10 Å². The van der Waals surface area contributed by atoms with Crippen LogP contribution in [-0.4, -0.2) is 33.4 Å². The van der Waals surface area contributed by atoms with Crippen LogP contribution in [0.1, 0.15) is 33.4 Å². The Hall–Kier alpha value is -1.51. The highest BCUT2D eigenvalue weighted by atomic mass is 19.2. The van der Waals surface area contributed by atoms with Crippen molar-refractivity contribution >= 4 is 0 Å². The number of halogens is 1. The average molecular weight is 300 g/mol. The molecule has 116 valence electrons. The van der Waals surface area contributed by atoms with Gasteiger partial charge >= 0.3 is 5.69 Å². The Bertz CT molecular complexity index is 669. The van der Waals surface area contributed by atoms with E-state index in [1.54, 1.807) is 20.8 Å². The van der Waals surface area contributed by atoms with E-state index in [0.717, 1.165) is 4.57 Å². The van der Waals surface area contributed by atoms with Gasteiger partial charge in [0.05, 0.1) is 0 Å². The van der Waals surface area contributed by atoms with Crippen molar-refractivity contribution in [2.24, 2.45) is 0 Å². The number of hydrogen-bond donors (Lipinski definition) is 1. The van der Waals surface area contributed by atoms with E-state index < -0.39 is 41.3 Å². The highest BCUT2D eigenvalue weighted by molar-refractivity contribution is 5.01. The van der Waals surface area contributed by atoms with Gasteiger partial charge in [0, 0.05) is 18.7 Å². The molecule has 0 aliphatic carbocycles. The zero-order valence-corrected chi connectivity index (χ0v) is 12.0. The molecular weight excluding hydrogens is 283 g/mol. The fraction of sp³-hybridized carbons (Fsp3) is 0.692. The molecule has 1 N–H and O–H groups in total. The van der Waals surface area contributed by atoms with Crippen LogP contribution in [0.2, 0.25) is 0 Å². The van der Waals surface area contributed by atoms with Crippen molar-refractivity contribution in [3.8, 4) is 0 Å². The summed E-state index contributed by atoms with van der Waals surface area (Å²) in [6.45, 7) is 4.98. The van der Waals surface area contributed by atoms with Crippen molar-refractivity contribution in [3.05, 3.63) is 33.1 Å². The fourth-order valence-corrected chi connectivity index (χ4v) is 2.79. The van der Waals surface area contributed by atoms with Gasteiger partial charge in [0.25, 0.3) is 5.56 Å². The van der Waals surface area contributed by atoms with Crippen LogP contribution in [-0.2, 0) is 14.2 Å². The molecule has 0 unspecified atom stereocenters. The molecule has 2 saturated heterocycles. The summed E-state index contributed by atoms with van der Waals surface area (Å²) in [6, 6.07) is 1.17. The first kappa shape index (κ1) is 14.4. The Morgan fingerprint density at radius 1 is 1.33 bits per heavy atom. The number of H-pyrrole nitrogens is 1. The highest BCUT2D eigenvalue weighted by Gasteiger charge is 2.63. The SMILES string of the molecule is CC[C@@]1(F)O[C@@H](n2ccc(=O)[nH]c2=O)[C@@H]2OC(C)(C)O[C@@H]21. The molecule has 7 nitrogen and oxygen atoms in total. The van der Waals surface area contributed by atoms with Crippen LogP contribution in [0.25, 0.3) is 0 Å². The number of aromatic amines is 1. The lowest BCUT2D eigenvalue weighted by Gasteiger charge is -2.27. The van der Waals surface area contributed by atoms with Gasteiger partial charge in [-0.05, 0) is 13.8 Å². The highest BCUT2D eigenvalue weighted by Crippen LogP contribution is 2.49. The molecule has 2 fully saturated rings. The first-order valence-corrected chi connectivity index (χ1v) is 6.79. The van der Waals surface area contributed by atoms with Gasteiger partial charge in [-0.25, -0.2) is 9.18 Å². The molecule has 0 saturated carbocycles. The van der Waals surface area contributed by atoms with Crippen molar-refractivity contribution in [2.45, 2.75) is 57.3 Å². The van der Waals surface area contributed by atoms with Crippen LogP contribution >= 0.6 is 0 Å². The zero-order chi connectivity index (χ0) is 15.4. The monoisotopic (exact) mass is 300 g/mol. The number of alkyl halides is 1. The molecule has 3 heterocycles. The first-order chi connectivity index (χ1) is 9.76. The smallest absolute Gasteiger partial charge is 0.330 e. The minimum atomic E-state index is -2.04. The van der Waals surface area contributed by atoms with E-state index in [4.69, 9.17) is 14.2 Å². The Kier molecular flexibility index (Phi) is 3.09. The van der Waals surface area contributed by atoms with Crippen LogP contribution in [0.4, 0.5) is 4.39 Å². The molecule has 2 aliphatic heterocycles. The predicted molar refractivity (Wildman–Crippen MR) is 69.4 cm³/mol. The maximum Gasteiger partial charge on any atom is 0.330 e. The van der Waals surface area contributed by atoms with Crippen molar-refractivity contribution in [2.75, 3.05) is 0 Å². The second-order valence-electron chi connectivity index (χ2n) is 5.69. The molecule has 2 aliphatic rings. The molecule has 3 rings (SSSR count). The van der Waals surface area contributed by atoms with E-state index in [1.807, 2.05) is 0 Å². The summed E-state index contributed by atoms with van der Waals surface area (Å²) in [4.78, 5) is 25.1. The fourth-order valence-electron chi connectivity index (χ4n) is 2.79. The van der Waals surface area contributed by atoms with E-state index in [0.29, 0.717) is 0 Å². The van der Waals surface area contributed by atoms with Crippen molar-refractivity contribution in [1.29, 1.82) is 0 Å². The summed E-state index contributed by atoms with van der Waals surface area (Å²) in [7, 11) is 0. The molecule has 4 atom stereocenters. The lowest BCUT2D eigenvalue weighted by atomic mass is 10.1. The van der Waals surface area contributed by atoms with Crippen LogP contribution in [0.15, 0.2) is 21.9 Å². The molecule has 1 aromatic heterocycles. The summed E-state index contributed by atoms with van der Waals surface area (Å²) in [5, 5.41) is 0. The second kappa shape index (κ2) is 4.49. The van der Waals surface area contributed by atoms with E-state index in [1.165, 1.54) is 12.3 Å². The van der Waals surface area contributed by atoms with E-state index in [2.05, 4.69) is 4.98 Å². The van der Waals surface area contributed by atoms with Gasteiger partial charge in [-0.3, -0.25) is 14.3 Å². The minimum absolute atomic E-state index is 0.0577. The summed E-state index contributed by atoms with van der Waals surface area (Å²) < 4.78 is 32.6. The maximum absolute atomic E-state index is 14.9. The molecule has 0 aromatic carbocycles. The number of aromatic nitrogens is 2. The Morgan fingerprint density at radius 2 is 2.05 bits per heavy atom. The van der Waals surface area contributed by atoms with Gasteiger partial charge in [-0.15, -0.1) is 0 Å². The summed E-state index contributed by atoms with van der Waals surface area (Å²) >= 11 is 0. The van der Waals surface area contributed by atoms with Crippen LogP contribution in [0.5, 0.6) is 0 Å². The maximum atomic E-state index is 14.9.